The maximum atomic E-state index is 12.4. The molecule has 1 aromatic carbocycles. The number of rotatable bonds is 6. The third-order valence-electron chi connectivity index (χ3n) is 3.21. The first-order chi connectivity index (χ1) is 10.6. The Labute approximate surface area is 140 Å². The van der Waals surface area contributed by atoms with E-state index in [1.54, 1.807) is 6.92 Å². The van der Waals surface area contributed by atoms with Crippen LogP contribution in [0.15, 0.2) is 51.6 Å². The van der Waals surface area contributed by atoms with Crippen LogP contribution in [0.5, 0.6) is 0 Å². The highest BCUT2D eigenvalue weighted by Crippen LogP contribution is 2.22. The van der Waals surface area contributed by atoms with Gasteiger partial charge in [0.2, 0.25) is 20.0 Å². The molecule has 1 heterocycles. The SMILES string of the molecule is C[C@H](NS(=O)(=O)c1ccc(S(=O)(=O)N(C)C)cc1)c1cccs1. The van der Waals surface area contributed by atoms with E-state index in [1.165, 1.54) is 49.7 Å². The van der Waals surface area contributed by atoms with Crippen LogP contribution in [0.1, 0.15) is 17.8 Å². The fourth-order valence-corrected chi connectivity index (χ4v) is 4.83. The van der Waals surface area contributed by atoms with Gasteiger partial charge in [0.1, 0.15) is 0 Å². The van der Waals surface area contributed by atoms with Crippen LogP contribution in [-0.4, -0.2) is 35.2 Å². The van der Waals surface area contributed by atoms with Gasteiger partial charge in [-0.1, -0.05) is 6.07 Å². The summed E-state index contributed by atoms with van der Waals surface area (Å²) >= 11 is 1.46. The van der Waals surface area contributed by atoms with Crippen LogP contribution in [0.2, 0.25) is 0 Å². The Bertz CT molecular complexity index is 855. The Morgan fingerprint density at radius 2 is 1.57 bits per heavy atom. The van der Waals surface area contributed by atoms with Crippen molar-refractivity contribution in [3.8, 4) is 0 Å². The predicted molar refractivity (Wildman–Crippen MR) is 90.4 cm³/mol. The lowest BCUT2D eigenvalue weighted by Crippen LogP contribution is -2.26. The summed E-state index contributed by atoms with van der Waals surface area (Å²) in [6, 6.07) is 8.51. The predicted octanol–water partition coefficient (Wildman–Crippen LogP) is 2.04. The molecule has 0 amide bonds. The first kappa shape index (κ1) is 18.1. The molecule has 0 aliphatic carbocycles. The second-order valence-corrected chi connectivity index (χ2v) is 9.96. The third kappa shape index (κ3) is 3.99. The van der Waals surface area contributed by atoms with E-state index in [-0.39, 0.29) is 15.8 Å². The highest BCUT2D eigenvalue weighted by atomic mass is 32.2. The molecule has 2 rings (SSSR count). The summed E-state index contributed by atoms with van der Waals surface area (Å²) in [5.74, 6) is 0. The maximum Gasteiger partial charge on any atom is 0.242 e. The number of thiophene rings is 1. The maximum absolute atomic E-state index is 12.4. The van der Waals surface area contributed by atoms with Crippen molar-refractivity contribution < 1.29 is 16.8 Å². The van der Waals surface area contributed by atoms with Crippen molar-refractivity contribution >= 4 is 31.4 Å². The zero-order valence-electron chi connectivity index (χ0n) is 12.9. The van der Waals surface area contributed by atoms with E-state index in [4.69, 9.17) is 0 Å². The van der Waals surface area contributed by atoms with Gasteiger partial charge in [0.25, 0.3) is 0 Å². The van der Waals surface area contributed by atoms with Gasteiger partial charge in [-0.15, -0.1) is 11.3 Å². The zero-order chi connectivity index (χ0) is 17.3. The molecule has 23 heavy (non-hydrogen) atoms. The van der Waals surface area contributed by atoms with Gasteiger partial charge in [0.15, 0.2) is 0 Å². The van der Waals surface area contributed by atoms with Crippen molar-refractivity contribution in [2.24, 2.45) is 0 Å². The molecule has 0 aliphatic heterocycles. The molecule has 126 valence electrons. The van der Waals surface area contributed by atoms with Crippen molar-refractivity contribution in [3.63, 3.8) is 0 Å². The quantitative estimate of drug-likeness (QED) is 0.839. The fraction of sp³-hybridized carbons (Fsp3) is 0.286. The largest absolute Gasteiger partial charge is 0.242 e. The van der Waals surface area contributed by atoms with Gasteiger partial charge in [-0.3, -0.25) is 0 Å². The lowest BCUT2D eigenvalue weighted by atomic mass is 10.3. The Kier molecular flexibility index (Phi) is 5.27. The van der Waals surface area contributed by atoms with Gasteiger partial charge in [-0.05, 0) is 42.6 Å². The van der Waals surface area contributed by atoms with Crippen LogP contribution in [0.4, 0.5) is 0 Å². The van der Waals surface area contributed by atoms with Crippen LogP contribution >= 0.6 is 11.3 Å². The molecular weight excluding hydrogens is 356 g/mol. The standard InChI is InChI=1S/C14H18N2O4S3/c1-11(14-5-4-10-21-14)15-22(17,18)12-6-8-13(9-7-12)23(19,20)16(2)3/h4-11,15H,1-3H3/t11-/m0/s1. The van der Waals surface area contributed by atoms with E-state index < -0.39 is 20.0 Å². The minimum absolute atomic E-state index is 0.0265. The summed E-state index contributed by atoms with van der Waals surface area (Å²) in [4.78, 5) is 0.978. The molecule has 0 aliphatic rings. The Balaban J connectivity index is 2.24. The smallest absolute Gasteiger partial charge is 0.207 e. The molecule has 0 radical (unpaired) electrons. The van der Waals surface area contributed by atoms with Crippen molar-refractivity contribution in [1.82, 2.24) is 9.03 Å². The van der Waals surface area contributed by atoms with Gasteiger partial charge in [-0.2, -0.15) is 0 Å². The second kappa shape index (κ2) is 6.70. The first-order valence-electron chi connectivity index (χ1n) is 6.73. The van der Waals surface area contributed by atoms with Crippen LogP contribution in [-0.2, 0) is 20.0 Å². The van der Waals surface area contributed by atoms with E-state index in [1.807, 2.05) is 17.5 Å². The lowest BCUT2D eigenvalue weighted by Gasteiger charge is -2.14. The van der Waals surface area contributed by atoms with E-state index in [9.17, 15) is 16.8 Å². The second-order valence-electron chi connectivity index (χ2n) is 5.12. The first-order valence-corrected chi connectivity index (χ1v) is 10.5. The monoisotopic (exact) mass is 374 g/mol. The van der Waals surface area contributed by atoms with Crippen molar-refractivity contribution in [2.75, 3.05) is 14.1 Å². The molecule has 9 heteroatoms. The molecule has 1 aromatic heterocycles. The average Bonchev–Trinajstić information content (AvgIpc) is 3.01. The normalized spacial score (nSPS) is 14.1. The van der Waals surface area contributed by atoms with E-state index in [0.29, 0.717) is 0 Å². The summed E-state index contributed by atoms with van der Waals surface area (Å²) in [7, 11) is -4.46. The molecule has 1 N–H and O–H groups in total. The van der Waals surface area contributed by atoms with Crippen LogP contribution in [0.25, 0.3) is 0 Å². The molecule has 0 unspecified atom stereocenters. The molecule has 1 atom stereocenters. The topological polar surface area (TPSA) is 83.5 Å². The number of nitrogens with zero attached hydrogens (tertiary/aromatic N) is 1. The van der Waals surface area contributed by atoms with Crippen LogP contribution in [0, 0.1) is 0 Å². The number of hydrogen-bond donors (Lipinski definition) is 1. The summed E-state index contributed by atoms with van der Waals surface area (Å²) < 4.78 is 52.4. The highest BCUT2D eigenvalue weighted by molar-refractivity contribution is 7.89. The Hall–Kier alpha value is -1.26. The minimum atomic E-state index is -3.72. The highest BCUT2D eigenvalue weighted by Gasteiger charge is 2.21. The molecular formula is C14H18N2O4S3. The van der Waals surface area contributed by atoms with Crippen molar-refractivity contribution in [1.29, 1.82) is 0 Å². The third-order valence-corrected chi connectivity index (χ3v) is 7.66. The van der Waals surface area contributed by atoms with Gasteiger partial charge in [-0.25, -0.2) is 25.9 Å². The Morgan fingerprint density at radius 3 is 2.04 bits per heavy atom. The lowest BCUT2D eigenvalue weighted by molar-refractivity contribution is 0.520. The van der Waals surface area contributed by atoms with Gasteiger partial charge >= 0.3 is 0 Å². The van der Waals surface area contributed by atoms with Crippen molar-refractivity contribution in [2.45, 2.75) is 22.8 Å². The van der Waals surface area contributed by atoms with Gasteiger partial charge in [0.05, 0.1) is 15.8 Å². The van der Waals surface area contributed by atoms with Crippen LogP contribution in [0.3, 0.4) is 0 Å². The summed E-state index contributed by atoms with van der Waals surface area (Å²) in [5.41, 5.74) is 0. The molecule has 0 spiro atoms. The van der Waals surface area contributed by atoms with Crippen molar-refractivity contribution in [3.05, 3.63) is 46.7 Å². The summed E-state index contributed by atoms with van der Waals surface area (Å²) in [6.45, 7) is 1.76. The Morgan fingerprint density at radius 1 is 1.00 bits per heavy atom. The molecule has 0 saturated heterocycles. The van der Waals surface area contributed by atoms with Crippen LogP contribution < -0.4 is 4.72 Å². The molecule has 2 aromatic rings. The summed E-state index contributed by atoms with van der Waals surface area (Å²) in [5, 5.41) is 1.88. The van der Waals surface area contributed by atoms with E-state index in [2.05, 4.69) is 4.72 Å². The molecule has 0 fully saturated rings. The zero-order valence-corrected chi connectivity index (χ0v) is 15.4. The van der Waals surface area contributed by atoms with E-state index in [0.717, 1.165) is 9.18 Å². The average molecular weight is 375 g/mol. The number of nitrogens with one attached hydrogen (secondary N) is 1. The van der Waals surface area contributed by atoms with Gasteiger partial charge in [0, 0.05) is 19.0 Å². The molecule has 0 saturated carbocycles. The number of hydrogen-bond acceptors (Lipinski definition) is 5. The fourth-order valence-electron chi connectivity index (χ4n) is 1.90. The number of sulfonamides is 2. The van der Waals surface area contributed by atoms with E-state index >= 15 is 0 Å². The summed E-state index contributed by atoms with van der Waals surface area (Å²) in [6.07, 6.45) is 0. The molecule has 0 bridgehead atoms. The molecule has 6 nitrogen and oxygen atoms in total. The number of benzene rings is 1. The van der Waals surface area contributed by atoms with Gasteiger partial charge < -0.3 is 0 Å². The minimum Gasteiger partial charge on any atom is -0.207 e.